The number of rotatable bonds is 6. The molecule has 0 saturated heterocycles. The molecule has 0 spiro atoms. The number of aromatic nitrogens is 1. The third-order valence-electron chi connectivity index (χ3n) is 16.1. The molecular formula is C42H58N2O4. The van der Waals surface area contributed by atoms with Gasteiger partial charge in [-0.15, -0.1) is 0 Å². The Morgan fingerprint density at radius 1 is 0.958 bits per heavy atom. The lowest BCUT2D eigenvalue weighted by Gasteiger charge is -2.72. The van der Waals surface area contributed by atoms with Gasteiger partial charge in [-0.25, -0.2) is 4.79 Å². The van der Waals surface area contributed by atoms with Gasteiger partial charge in [0, 0.05) is 29.5 Å². The van der Waals surface area contributed by atoms with Gasteiger partial charge in [-0.1, -0.05) is 65.0 Å². The number of para-hydroxylation sites is 1. The molecule has 1 aromatic heterocycles. The summed E-state index contributed by atoms with van der Waals surface area (Å²) in [6.45, 7) is 18.8. The predicted octanol–water partition coefficient (Wildman–Crippen LogP) is 8.59. The Kier molecular flexibility index (Phi) is 7.92. The Hall–Kier alpha value is -2.89. The Balaban J connectivity index is 1.20. The lowest BCUT2D eigenvalue weighted by molar-refractivity contribution is -0.233. The highest BCUT2D eigenvalue weighted by molar-refractivity contribution is 5.89. The largest absolute Gasteiger partial charge is 0.467 e. The molecule has 5 fully saturated rings. The number of methoxy groups -OCH3 is 1. The van der Waals surface area contributed by atoms with Crippen LogP contribution in [0.3, 0.4) is 0 Å². The summed E-state index contributed by atoms with van der Waals surface area (Å²) in [6.07, 6.45) is 10.3. The van der Waals surface area contributed by atoms with Crippen LogP contribution in [0, 0.1) is 56.7 Å². The van der Waals surface area contributed by atoms with Gasteiger partial charge in [-0.2, -0.15) is 0 Å². The average Bonchev–Trinajstić information content (AvgIpc) is 3.65. The first-order chi connectivity index (χ1) is 22.6. The molecule has 0 unspecified atom stereocenters. The number of esters is 1. The van der Waals surface area contributed by atoms with E-state index in [4.69, 9.17) is 4.74 Å². The Morgan fingerprint density at radius 2 is 1.71 bits per heavy atom. The van der Waals surface area contributed by atoms with E-state index in [1.54, 1.807) is 0 Å². The standard InChI is InChI=1S/C42H58N2O4/c1-25(2)28-15-20-42(37(47)44-31(36(46)48-8)24-27-23-26-11-9-10-12-30(26)43-27)22-21-40(6)29(35(28)42)13-14-33-39(5)18-17-34(45)38(3,4)32(39)16-19-41(33,40)7/h9-12,23,28-29,31-33,35,43H,1,13-22,24H2,2-8H3,(H,44,47)/t28-,29+,31-,32-,33+,35+,39-,40+,41+,42-/m0/s1. The van der Waals surface area contributed by atoms with Crippen molar-refractivity contribution in [2.24, 2.45) is 56.7 Å². The molecule has 5 aliphatic rings. The van der Waals surface area contributed by atoms with Crippen LogP contribution in [0.2, 0.25) is 0 Å². The summed E-state index contributed by atoms with van der Waals surface area (Å²) in [5, 5.41) is 4.37. The van der Waals surface area contributed by atoms with Crippen LogP contribution >= 0.6 is 0 Å². The number of amides is 1. The van der Waals surface area contributed by atoms with Gasteiger partial charge in [0.2, 0.25) is 5.91 Å². The number of Topliss-reactive ketones (excluding diaryl/α,β-unsaturated/α-hetero) is 1. The molecule has 0 bridgehead atoms. The SMILES string of the molecule is C=C(C)[C@@H]1CC[C@]2(C(=O)N[C@@H](Cc3cc4ccccc4[nH]3)C(=O)OC)CC[C@]3(C)[C@H](CC[C@@H]4[C@@]5(C)CCC(=O)C(C)(C)[C@@H]5CC[C@]43C)[C@@H]12. The van der Waals surface area contributed by atoms with Crippen LogP contribution in [0.5, 0.6) is 0 Å². The van der Waals surface area contributed by atoms with Gasteiger partial charge in [0.25, 0.3) is 0 Å². The van der Waals surface area contributed by atoms with E-state index in [9.17, 15) is 14.4 Å². The molecule has 6 nitrogen and oxygen atoms in total. The van der Waals surface area contributed by atoms with Crippen LogP contribution in [0.15, 0.2) is 42.5 Å². The quantitative estimate of drug-likeness (QED) is 0.241. The second kappa shape index (κ2) is 11.3. The number of ether oxygens (including phenoxy) is 1. The fourth-order valence-electron chi connectivity index (χ4n) is 13.4. The van der Waals surface area contributed by atoms with E-state index >= 15 is 0 Å². The highest BCUT2D eigenvalue weighted by Gasteiger charge is 2.72. The molecule has 7 rings (SSSR count). The number of fused-ring (bicyclic) bond motifs is 8. The zero-order chi connectivity index (χ0) is 34.4. The van der Waals surface area contributed by atoms with Gasteiger partial charge < -0.3 is 15.0 Å². The smallest absolute Gasteiger partial charge is 0.328 e. The third kappa shape index (κ3) is 4.59. The van der Waals surface area contributed by atoms with Crippen LogP contribution < -0.4 is 5.32 Å². The summed E-state index contributed by atoms with van der Waals surface area (Å²) in [6, 6.07) is 9.38. The first-order valence-corrected chi connectivity index (χ1v) is 18.8. The van der Waals surface area contributed by atoms with E-state index in [0.717, 1.165) is 74.4 Å². The summed E-state index contributed by atoms with van der Waals surface area (Å²) < 4.78 is 5.26. The highest BCUT2D eigenvalue weighted by atomic mass is 16.5. The molecule has 260 valence electrons. The van der Waals surface area contributed by atoms with E-state index in [0.29, 0.717) is 42.3 Å². The van der Waals surface area contributed by atoms with Crippen molar-refractivity contribution in [3.63, 3.8) is 0 Å². The summed E-state index contributed by atoms with van der Waals surface area (Å²) in [4.78, 5) is 44.7. The minimum Gasteiger partial charge on any atom is -0.467 e. The Morgan fingerprint density at radius 3 is 2.42 bits per heavy atom. The summed E-state index contributed by atoms with van der Waals surface area (Å²) >= 11 is 0. The topological polar surface area (TPSA) is 88.3 Å². The number of carbonyl (C=O) groups excluding carboxylic acids is 3. The van der Waals surface area contributed by atoms with Crippen molar-refractivity contribution in [1.29, 1.82) is 0 Å². The molecule has 48 heavy (non-hydrogen) atoms. The molecule has 1 aromatic carbocycles. The number of ketones is 1. The van der Waals surface area contributed by atoms with Crippen LogP contribution in [0.25, 0.3) is 10.9 Å². The number of hydrogen-bond donors (Lipinski definition) is 2. The van der Waals surface area contributed by atoms with Crippen molar-refractivity contribution in [1.82, 2.24) is 10.3 Å². The van der Waals surface area contributed by atoms with E-state index in [2.05, 4.69) is 70.6 Å². The summed E-state index contributed by atoms with van der Waals surface area (Å²) in [5.74, 6) is 1.98. The summed E-state index contributed by atoms with van der Waals surface area (Å²) in [7, 11) is 1.41. The van der Waals surface area contributed by atoms with Gasteiger partial charge >= 0.3 is 5.97 Å². The third-order valence-corrected chi connectivity index (χ3v) is 16.1. The highest BCUT2D eigenvalue weighted by Crippen LogP contribution is 2.77. The van der Waals surface area contributed by atoms with Crippen LogP contribution in [0.1, 0.15) is 111 Å². The molecule has 6 heteroatoms. The molecular weight excluding hydrogens is 596 g/mol. The fraction of sp³-hybridized carbons (Fsp3) is 0.690. The molecule has 10 atom stereocenters. The molecule has 2 N–H and O–H groups in total. The van der Waals surface area contributed by atoms with E-state index in [1.165, 1.54) is 12.7 Å². The number of hydrogen-bond acceptors (Lipinski definition) is 4. The van der Waals surface area contributed by atoms with Crippen molar-refractivity contribution in [3.8, 4) is 0 Å². The number of carbonyl (C=O) groups is 3. The van der Waals surface area contributed by atoms with Crippen LogP contribution in [-0.2, 0) is 25.5 Å². The molecule has 1 amide bonds. The number of nitrogens with one attached hydrogen (secondary N) is 2. The molecule has 2 aromatic rings. The van der Waals surface area contributed by atoms with Crippen molar-refractivity contribution in [3.05, 3.63) is 48.2 Å². The Bertz CT molecular complexity index is 1620. The van der Waals surface area contributed by atoms with Crippen LogP contribution in [0.4, 0.5) is 0 Å². The van der Waals surface area contributed by atoms with Gasteiger partial charge in [-0.05, 0) is 128 Å². The van der Waals surface area contributed by atoms with E-state index in [-0.39, 0.29) is 33.5 Å². The number of H-pyrrole nitrogens is 1. The van der Waals surface area contributed by atoms with Crippen molar-refractivity contribution < 1.29 is 19.1 Å². The van der Waals surface area contributed by atoms with Crippen molar-refractivity contribution in [2.75, 3.05) is 7.11 Å². The molecule has 1 heterocycles. The minimum absolute atomic E-state index is 0.0281. The maximum atomic E-state index is 14.9. The summed E-state index contributed by atoms with van der Waals surface area (Å²) in [5.41, 5.74) is 2.73. The van der Waals surface area contributed by atoms with Crippen molar-refractivity contribution in [2.45, 2.75) is 118 Å². The lowest BCUT2D eigenvalue weighted by Crippen LogP contribution is -2.67. The number of allylic oxidation sites excluding steroid dienone is 1. The first-order valence-electron chi connectivity index (χ1n) is 18.8. The number of aromatic amines is 1. The van der Waals surface area contributed by atoms with Crippen molar-refractivity contribution >= 4 is 28.6 Å². The maximum absolute atomic E-state index is 14.9. The van der Waals surface area contributed by atoms with E-state index in [1.807, 2.05) is 18.2 Å². The van der Waals surface area contributed by atoms with Gasteiger partial charge in [0.1, 0.15) is 11.8 Å². The maximum Gasteiger partial charge on any atom is 0.328 e. The second-order valence-electron chi connectivity index (χ2n) is 18.1. The molecule has 5 aliphatic carbocycles. The zero-order valence-electron chi connectivity index (χ0n) is 30.5. The fourth-order valence-corrected chi connectivity index (χ4v) is 13.4. The second-order valence-corrected chi connectivity index (χ2v) is 18.1. The first kappa shape index (κ1) is 33.6. The lowest BCUT2D eigenvalue weighted by atomic mass is 9.32. The van der Waals surface area contributed by atoms with Gasteiger partial charge in [0.15, 0.2) is 0 Å². The molecule has 0 radical (unpaired) electrons. The Labute approximate surface area is 287 Å². The predicted molar refractivity (Wildman–Crippen MR) is 190 cm³/mol. The normalized spacial score (nSPS) is 40.6. The molecule has 5 saturated carbocycles. The number of benzene rings is 1. The van der Waals surface area contributed by atoms with Gasteiger partial charge in [-0.3, -0.25) is 9.59 Å². The average molecular weight is 655 g/mol. The monoisotopic (exact) mass is 654 g/mol. The van der Waals surface area contributed by atoms with Gasteiger partial charge in [0.05, 0.1) is 12.5 Å². The molecule has 0 aliphatic heterocycles. The zero-order valence-corrected chi connectivity index (χ0v) is 30.5. The van der Waals surface area contributed by atoms with Crippen LogP contribution in [-0.4, -0.2) is 35.8 Å². The minimum atomic E-state index is -0.761. The van der Waals surface area contributed by atoms with E-state index < -0.39 is 17.4 Å².